The first kappa shape index (κ1) is 13.3. The Hall–Kier alpha value is -1.15. The molecule has 0 saturated carbocycles. The first-order valence-corrected chi connectivity index (χ1v) is 6.84. The maximum Gasteiger partial charge on any atom is 0.188 e. The van der Waals surface area contributed by atoms with Crippen LogP contribution in [-0.2, 0) is 17.6 Å². The van der Waals surface area contributed by atoms with Gasteiger partial charge in [-0.2, -0.15) is 0 Å². The lowest BCUT2D eigenvalue weighted by Crippen LogP contribution is -2.20. The van der Waals surface area contributed by atoms with Gasteiger partial charge in [0.25, 0.3) is 0 Å². The highest BCUT2D eigenvalue weighted by atomic mass is 16.5. The summed E-state index contributed by atoms with van der Waals surface area (Å²) in [6.45, 7) is 6.41. The molecule has 0 bridgehead atoms. The Kier molecular flexibility index (Phi) is 4.18. The van der Waals surface area contributed by atoms with Crippen molar-refractivity contribution < 1.29 is 9.53 Å². The predicted octanol–water partition coefficient (Wildman–Crippen LogP) is 3.42. The van der Waals surface area contributed by atoms with Gasteiger partial charge in [-0.1, -0.05) is 26.0 Å². The fourth-order valence-corrected chi connectivity index (χ4v) is 2.23. The van der Waals surface area contributed by atoms with E-state index in [2.05, 4.69) is 19.9 Å². The van der Waals surface area contributed by atoms with Crippen LogP contribution in [0, 0.1) is 5.92 Å². The van der Waals surface area contributed by atoms with E-state index in [-0.39, 0.29) is 18.5 Å². The van der Waals surface area contributed by atoms with Crippen molar-refractivity contribution in [2.24, 2.45) is 5.92 Å². The molecule has 0 spiro atoms. The molecule has 2 rings (SSSR count). The highest BCUT2D eigenvalue weighted by Gasteiger charge is 2.15. The van der Waals surface area contributed by atoms with Gasteiger partial charge in [0.2, 0.25) is 0 Å². The summed E-state index contributed by atoms with van der Waals surface area (Å²) in [6, 6.07) is 6.09. The number of rotatable bonds is 5. The molecule has 1 aromatic carbocycles. The molecule has 1 atom stereocenters. The van der Waals surface area contributed by atoms with Crippen LogP contribution in [0.15, 0.2) is 18.2 Å². The van der Waals surface area contributed by atoms with Gasteiger partial charge in [-0.05, 0) is 49.3 Å². The van der Waals surface area contributed by atoms with E-state index >= 15 is 0 Å². The Balaban J connectivity index is 1.97. The number of carbonyl (C=O) groups is 1. The third-order valence-corrected chi connectivity index (χ3v) is 3.84. The molecular weight excluding hydrogens is 224 g/mol. The summed E-state index contributed by atoms with van der Waals surface area (Å²) in [7, 11) is 0. The van der Waals surface area contributed by atoms with Crippen LogP contribution in [0.3, 0.4) is 0 Å². The third-order valence-electron chi connectivity index (χ3n) is 3.84. The zero-order valence-corrected chi connectivity index (χ0v) is 11.5. The van der Waals surface area contributed by atoms with Crippen molar-refractivity contribution in [2.75, 3.05) is 6.61 Å². The van der Waals surface area contributed by atoms with Gasteiger partial charge in [-0.15, -0.1) is 0 Å². The smallest absolute Gasteiger partial charge is 0.188 e. The Labute approximate surface area is 109 Å². The number of fused-ring (bicyclic) bond motifs is 1. The Bertz CT molecular complexity index is 435. The first-order valence-electron chi connectivity index (χ1n) is 6.84. The van der Waals surface area contributed by atoms with Crippen LogP contribution in [0.25, 0.3) is 0 Å². The van der Waals surface area contributed by atoms with Gasteiger partial charge in [-0.3, -0.25) is 4.79 Å². The average Bonchev–Trinajstić information content (AvgIpc) is 2.82. The summed E-state index contributed by atoms with van der Waals surface area (Å²) in [6.07, 6.45) is 3.61. The summed E-state index contributed by atoms with van der Waals surface area (Å²) in [4.78, 5) is 12.0. The number of ether oxygens (including phenoxy) is 1. The highest BCUT2D eigenvalue weighted by molar-refractivity contribution is 5.97. The van der Waals surface area contributed by atoms with E-state index in [9.17, 15) is 4.79 Å². The fourth-order valence-electron chi connectivity index (χ4n) is 2.23. The summed E-state index contributed by atoms with van der Waals surface area (Å²) in [5.74, 6) is 0.537. The van der Waals surface area contributed by atoms with E-state index < -0.39 is 0 Å². The average molecular weight is 246 g/mol. The third kappa shape index (κ3) is 2.99. The van der Waals surface area contributed by atoms with Crippen molar-refractivity contribution in [3.63, 3.8) is 0 Å². The summed E-state index contributed by atoms with van der Waals surface area (Å²) in [5, 5.41) is 0. The molecule has 2 nitrogen and oxygen atoms in total. The molecule has 18 heavy (non-hydrogen) atoms. The van der Waals surface area contributed by atoms with Gasteiger partial charge in [0, 0.05) is 5.56 Å². The molecule has 98 valence electrons. The summed E-state index contributed by atoms with van der Waals surface area (Å²) in [5.41, 5.74) is 3.55. The standard InChI is InChI=1S/C16H22O2/c1-11(2)12(3)18-10-16(17)15-8-7-13-5-4-6-14(13)9-15/h7-9,11-12H,4-6,10H2,1-3H3. The van der Waals surface area contributed by atoms with Gasteiger partial charge in [0.05, 0.1) is 6.10 Å². The lowest BCUT2D eigenvalue weighted by atomic mass is 10.0. The summed E-state index contributed by atoms with van der Waals surface area (Å²) < 4.78 is 5.59. The van der Waals surface area contributed by atoms with Crippen molar-refractivity contribution in [1.82, 2.24) is 0 Å². The van der Waals surface area contributed by atoms with Crippen LogP contribution in [0.2, 0.25) is 0 Å². The molecule has 0 aliphatic heterocycles. The molecule has 0 heterocycles. The Morgan fingerprint density at radius 2 is 1.94 bits per heavy atom. The second-order valence-corrected chi connectivity index (χ2v) is 5.52. The lowest BCUT2D eigenvalue weighted by Gasteiger charge is -2.16. The molecule has 0 saturated heterocycles. The zero-order chi connectivity index (χ0) is 13.1. The largest absolute Gasteiger partial charge is 0.370 e. The number of ketones is 1. The predicted molar refractivity (Wildman–Crippen MR) is 73.0 cm³/mol. The fraction of sp³-hybridized carbons (Fsp3) is 0.562. The van der Waals surface area contributed by atoms with Crippen LogP contribution >= 0.6 is 0 Å². The molecule has 1 aromatic rings. The second kappa shape index (κ2) is 5.66. The van der Waals surface area contributed by atoms with Crippen molar-refractivity contribution in [1.29, 1.82) is 0 Å². The SMILES string of the molecule is CC(C)C(C)OCC(=O)c1ccc2c(c1)CCC2. The number of aryl methyl sites for hydroxylation is 2. The van der Waals surface area contributed by atoms with Crippen LogP contribution in [-0.4, -0.2) is 18.5 Å². The minimum absolute atomic E-state index is 0.0946. The number of carbonyl (C=O) groups excluding carboxylic acids is 1. The maximum absolute atomic E-state index is 12.0. The maximum atomic E-state index is 12.0. The first-order chi connectivity index (χ1) is 8.58. The second-order valence-electron chi connectivity index (χ2n) is 5.52. The molecule has 0 N–H and O–H groups in total. The van der Waals surface area contributed by atoms with Crippen molar-refractivity contribution in [3.8, 4) is 0 Å². The Morgan fingerprint density at radius 3 is 2.67 bits per heavy atom. The van der Waals surface area contributed by atoms with Crippen LogP contribution in [0.4, 0.5) is 0 Å². The van der Waals surface area contributed by atoms with Gasteiger partial charge >= 0.3 is 0 Å². The zero-order valence-electron chi connectivity index (χ0n) is 11.5. The molecule has 0 amide bonds. The van der Waals surface area contributed by atoms with Gasteiger partial charge in [0.15, 0.2) is 5.78 Å². The van der Waals surface area contributed by atoms with Crippen LogP contribution in [0.1, 0.15) is 48.7 Å². The molecule has 0 fully saturated rings. The number of hydrogen-bond donors (Lipinski definition) is 0. The van der Waals surface area contributed by atoms with E-state index in [1.165, 1.54) is 17.5 Å². The molecule has 2 heteroatoms. The van der Waals surface area contributed by atoms with Gasteiger partial charge in [-0.25, -0.2) is 0 Å². The normalized spacial score (nSPS) is 15.8. The molecule has 1 aliphatic carbocycles. The molecule has 0 radical (unpaired) electrons. The molecule has 0 aromatic heterocycles. The Morgan fingerprint density at radius 1 is 1.22 bits per heavy atom. The van der Waals surface area contributed by atoms with Gasteiger partial charge < -0.3 is 4.74 Å². The quantitative estimate of drug-likeness (QED) is 0.744. The van der Waals surface area contributed by atoms with Crippen molar-refractivity contribution >= 4 is 5.78 Å². The van der Waals surface area contributed by atoms with Crippen LogP contribution < -0.4 is 0 Å². The van der Waals surface area contributed by atoms with Crippen molar-refractivity contribution in [2.45, 2.75) is 46.1 Å². The minimum Gasteiger partial charge on any atom is -0.370 e. The van der Waals surface area contributed by atoms with Crippen LogP contribution in [0.5, 0.6) is 0 Å². The monoisotopic (exact) mass is 246 g/mol. The molecular formula is C16H22O2. The molecule has 1 unspecified atom stereocenters. The number of Topliss-reactive ketones (excluding diaryl/α,β-unsaturated/α-hetero) is 1. The van der Waals surface area contributed by atoms with Gasteiger partial charge in [0.1, 0.15) is 6.61 Å². The van der Waals surface area contributed by atoms with E-state index in [1.54, 1.807) is 0 Å². The number of benzene rings is 1. The van der Waals surface area contributed by atoms with E-state index in [0.29, 0.717) is 5.92 Å². The molecule has 1 aliphatic rings. The van der Waals surface area contributed by atoms with Crippen molar-refractivity contribution in [3.05, 3.63) is 34.9 Å². The minimum atomic E-state index is 0.0946. The van der Waals surface area contributed by atoms with E-state index in [1.807, 2.05) is 19.1 Å². The van der Waals surface area contributed by atoms with E-state index in [0.717, 1.165) is 18.4 Å². The lowest BCUT2D eigenvalue weighted by molar-refractivity contribution is 0.0336. The highest BCUT2D eigenvalue weighted by Crippen LogP contribution is 2.23. The number of hydrogen-bond acceptors (Lipinski definition) is 2. The topological polar surface area (TPSA) is 26.3 Å². The van der Waals surface area contributed by atoms with E-state index in [4.69, 9.17) is 4.74 Å². The summed E-state index contributed by atoms with van der Waals surface area (Å²) >= 11 is 0.